The summed E-state index contributed by atoms with van der Waals surface area (Å²) in [7, 11) is 3.88. The fourth-order valence-corrected chi connectivity index (χ4v) is 4.37. The summed E-state index contributed by atoms with van der Waals surface area (Å²) in [5, 5.41) is 12.7. The molecule has 6 nitrogen and oxygen atoms in total. The Bertz CT molecular complexity index is 1100. The second-order valence-corrected chi connectivity index (χ2v) is 8.32. The number of anilines is 1. The van der Waals surface area contributed by atoms with Crippen LogP contribution in [-0.4, -0.2) is 61.4 Å². The Hall–Kier alpha value is -2.90. The minimum Gasteiger partial charge on any atom is -0.543 e. The van der Waals surface area contributed by atoms with Gasteiger partial charge in [-0.3, -0.25) is 4.99 Å². The number of carbonyl (C=O) groups is 1. The molecule has 2 heterocycles. The SMILES string of the molecule is CC1N(CCN(C)C)C(C(=O)[O-])=C2CN=C(c3ccccc3F)c3cc(Cl)ccc3N21. The van der Waals surface area contributed by atoms with Crippen molar-refractivity contribution in [1.82, 2.24) is 9.80 Å². The number of nitrogens with zero attached hydrogens (tertiary/aromatic N) is 4. The van der Waals surface area contributed by atoms with Crippen molar-refractivity contribution in [3.05, 3.63) is 75.8 Å². The van der Waals surface area contributed by atoms with Gasteiger partial charge in [0, 0.05) is 29.2 Å². The van der Waals surface area contributed by atoms with Crippen LogP contribution < -0.4 is 10.0 Å². The summed E-state index contributed by atoms with van der Waals surface area (Å²) >= 11 is 6.29. The van der Waals surface area contributed by atoms with Gasteiger partial charge < -0.3 is 24.6 Å². The third kappa shape index (κ3) is 3.79. The second-order valence-electron chi connectivity index (χ2n) is 7.89. The van der Waals surface area contributed by atoms with Crippen molar-refractivity contribution in [3.8, 4) is 0 Å². The zero-order chi connectivity index (χ0) is 22.3. The molecule has 162 valence electrons. The highest BCUT2D eigenvalue weighted by Crippen LogP contribution is 2.40. The number of carboxylic acid groups (broad SMARTS) is 1. The van der Waals surface area contributed by atoms with Gasteiger partial charge in [-0.25, -0.2) is 4.39 Å². The monoisotopic (exact) mass is 441 g/mol. The quantitative estimate of drug-likeness (QED) is 0.712. The van der Waals surface area contributed by atoms with Gasteiger partial charge >= 0.3 is 0 Å². The van der Waals surface area contributed by atoms with E-state index in [1.807, 2.05) is 41.8 Å². The molecule has 0 saturated heterocycles. The van der Waals surface area contributed by atoms with Gasteiger partial charge in [-0.2, -0.15) is 0 Å². The molecule has 0 fully saturated rings. The van der Waals surface area contributed by atoms with E-state index >= 15 is 0 Å². The molecule has 0 amide bonds. The number of rotatable bonds is 5. The summed E-state index contributed by atoms with van der Waals surface area (Å²) in [4.78, 5) is 22.6. The summed E-state index contributed by atoms with van der Waals surface area (Å²) in [6.45, 7) is 3.23. The molecule has 2 aliphatic rings. The number of benzene rings is 2. The molecule has 2 aromatic rings. The molecule has 0 aliphatic carbocycles. The summed E-state index contributed by atoms with van der Waals surface area (Å²) in [6.07, 6.45) is -0.280. The lowest BCUT2D eigenvalue weighted by Gasteiger charge is -2.33. The van der Waals surface area contributed by atoms with Crippen LogP contribution >= 0.6 is 11.6 Å². The summed E-state index contributed by atoms with van der Waals surface area (Å²) in [5.74, 6) is -1.65. The molecule has 1 atom stereocenters. The van der Waals surface area contributed by atoms with Crippen molar-refractivity contribution in [2.45, 2.75) is 13.1 Å². The first-order chi connectivity index (χ1) is 14.8. The molecular formula is C23H23ClFN4O2-. The van der Waals surface area contributed by atoms with Crippen molar-refractivity contribution in [2.24, 2.45) is 4.99 Å². The number of aliphatic imine (C=N–C) groups is 1. The Kier molecular flexibility index (Phi) is 5.73. The lowest BCUT2D eigenvalue weighted by atomic mass is 9.99. The first-order valence-corrected chi connectivity index (χ1v) is 10.4. The zero-order valence-electron chi connectivity index (χ0n) is 17.6. The maximum absolute atomic E-state index is 14.7. The van der Waals surface area contributed by atoms with Crippen molar-refractivity contribution >= 4 is 29.0 Å². The van der Waals surface area contributed by atoms with Crippen LogP contribution in [0.4, 0.5) is 10.1 Å². The lowest BCUT2D eigenvalue weighted by Crippen LogP contribution is -2.44. The first kappa shape index (κ1) is 21.3. The summed E-state index contributed by atoms with van der Waals surface area (Å²) in [6, 6.07) is 11.7. The van der Waals surface area contributed by atoms with Gasteiger partial charge in [-0.15, -0.1) is 0 Å². The van der Waals surface area contributed by atoms with Crippen molar-refractivity contribution in [2.75, 3.05) is 38.6 Å². The Morgan fingerprint density at radius 1 is 1.26 bits per heavy atom. The van der Waals surface area contributed by atoms with Crippen LogP contribution in [0.2, 0.25) is 5.02 Å². The number of halogens is 2. The Morgan fingerprint density at radius 2 is 2.00 bits per heavy atom. The number of hydrogen-bond acceptors (Lipinski definition) is 6. The van der Waals surface area contributed by atoms with Crippen molar-refractivity contribution < 1.29 is 14.3 Å². The average Bonchev–Trinajstić information content (AvgIpc) is 2.89. The van der Waals surface area contributed by atoms with E-state index in [0.717, 1.165) is 5.69 Å². The van der Waals surface area contributed by atoms with E-state index in [2.05, 4.69) is 4.99 Å². The van der Waals surface area contributed by atoms with E-state index < -0.39 is 11.8 Å². The maximum Gasteiger partial charge on any atom is 0.132 e. The minimum atomic E-state index is -1.25. The zero-order valence-corrected chi connectivity index (χ0v) is 18.4. The molecule has 31 heavy (non-hydrogen) atoms. The number of hydrogen-bond donors (Lipinski definition) is 0. The predicted molar refractivity (Wildman–Crippen MR) is 118 cm³/mol. The number of aliphatic carboxylic acids is 1. The van der Waals surface area contributed by atoms with E-state index in [9.17, 15) is 14.3 Å². The molecule has 0 aromatic heterocycles. The van der Waals surface area contributed by atoms with Crippen LogP contribution in [0.5, 0.6) is 0 Å². The molecule has 0 saturated carbocycles. The van der Waals surface area contributed by atoms with Gasteiger partial charge in [0.2, 0.25) is 0 Å². The Labute approximate surface area is 185 Å². The van der Waals surface area contributed by atoms with Crippen LogP contribution in [0.15, 0.2) is 58.9 Å². The Morgan fingerprint density at radius 3 is 2.68 bits per heavy atom. The Balaban J connectivity index is 1.91. The molecule has 0 N–H and O–H groups in total. The molecule has 2 aliphatic heterocycles. The van der Waals surface area contributed by atoms with E-state index in [1.165, 1.54) is 6.07 Å². The normalized spacial score (nSPS) is 18.1. The highest BCUT2D eigenvalue weighted by molar-refractivity contribution is 6.31. The van der Waals surface area contributed by atoms with E-state index in [-0.39, 0.29) is 18.4 Å². The molecule has 4 rings (SSSR count). The highest BCUT2D eigenvalue weighted by atomic mass is 35.5. The number of carboxylic acids is 1. The van der Waals surface area contributed by atoms with Crippen LogP contribution in [0.25, 0.3) is 0 Å². The number of likely N-dealkylation sites (N-methyl/N-ethyl adjacent to an activating group) is 1. The molecule has 8 heteroatoms. The molecular weight excluding hydrogens is 419 g/mol. The van der Waals surface area contributed by atoms with Gasteiger partial charge in [-0.1, -0.05) is 23.7 Å². The molecule has 0 radical (unpaired) electrons. The highest BCUT2D eigenvalue weighted by Gasteiger charge is 2.39. The van der Waals surface area contributed by atoms with Crippen LogP contribution in [0, 0.1) is 5.82 Å². The summed E-state index contributed by atoms with van der Waals surface area (Å²) in [5.41, 5.74) is 2.83. The van der Waals surface area contributed by atoms with E-state index in [1.54, 1.807) is 30.3 Å². The summed E-state index contributed by atoms with van der Waals surface area (Å²) < 4.78 is 14.7. The lowest BCUT2D eigenvalue weighted by molar-refractivity contribution is -0.301. The topological polar surface area (TPSA) is 62.2 Å². The molecule has 0 spiro atoms. The first-order valence-electron chi connectivity index (χ1n) is 10.0. The average molecular weight is 442 g/mol. The van der Waals surface area contributed by atoms with Gasteiger partial charge in [0.1, 0.15) is 12.0 Å². The van der Waals surface area contributed by atoms with Crippen molar-refractivity contribution in [3.63, 3.8) is 0 Å². The molecule has 0 bridgehead atoms. The van der Waals surface area contributed by atoms with Gasteiger partial charge in [0.05, 0.1) is 35.3 Å². The van der Waals surface area contributed by atoms with Gasteiger partial charge in [0.25, 0.3) is 0 Å². The largest absolute Gasteiger partial charge is 0.543 e. The minimum absolute atomic E-state index is 0.0854. The van der Waals surface area contributed by atoms with Gasteiger partial charge in [-0.05, 0) is 51.4 Å². The smallest absolute Gasteiger partial charge is 0.132 e. The number of fused-ring (bicyclic) bond motifs is 3. The standard InChI is InChI=1S/C23H24ClFN4O2/c1-14-28(11-10-27(2)3)22(23(30)31)20-13-26-21(16-6-4-5-7-18(16)25)17-12-15(24)8-9-19(17)29(14)20/h4-9,12,14H,10-11,13H2,1-3H3,(H,30,31)/p-1. The van der Waals surface area contributed by atoms with Crippen LogP contribution in [0.1, 0.15) is 18.1 Å². The second kappa shape index (κ2) is 8.32. The fraction of sp³-hybridized carbons (Fsp3) is 0.304. The van der Waals surface area contributed by atoms with E-state index in [4.69, 9.17) is 11.6 Å². The fourth-order valence-electron chi connectivity index (χ4n) is 4.20. The van der Waals surface area contributed by atoms with E-state index in [0.29, 0.717) is 40.6 Å². The van der Waals surface area contributed by atoms with Crippen molar-refractivity contribution in [1.29, 1.82) is 0 Å². The maximum atomic E-state index is 14.7. The predicted octanol–water partition coefficient (Wildman–Crippen LogP) is 2.32. The third-order valence-electron chi connectivity index (χ3n) is 5.65. The third-order valence-corrected chi connectivity index (χ3v) is 5.88. The van der Waals surface area contributed by atoms with Gasteiger partial charge in [0.15, 0.2) is 0 Å². The molecule has 2 aromatic carbocycles. The van der Waals surface area contributed by atoms with Crippen LogP contribution in [0.3, 0.4) is 0 Å². The van der Waals surface area contributed by atoms with Crippen LogP contribution in [-0.2, 0) is 4.79 Å². The molecule has 1 unspecified atom stereocenters. The number of carbonyl (C=O) groups excluding carboxylic acids is 1.